The zero-order valence-electron chi connectivity index (χ0n) is 11.2. The summed E-state index contributed by atoms with van der Waals surface area (Å²) in [4.78, 5) is 4.36. The number of benzene rings is 1. The van der Waals surface area contributed by atoms with E-state index in [0.29, 0.717) is 0 Å². The topological polar surface area (TPSA) is 29.9 Å². The molecule has 0 unspecified atom stereocenters. The van der Waals surface area contributed by atoms with Gasteiger partial charge in [-0.15, -0.1) is 0 Å². The van der Waals surface area contributed by atoms with Gasteiger partial charge in [-0.3, -0.25) is 0 Å². The van der Waals surface area contributed by atoms with Crippen LogP contribution in [0.5, 0.6) is 0 Å². The van der Waals surface area contributed by atoms with Crippen LogP contribution in [0.15, 0.2) is 36.7 Å². The Hall–Kier alpha value is -1.61. The number of nitrogens with zero attached hydrogens (tertiary/aromatic N) is 2. The highest BCUT2D eigenvalue weighted by molar-refractivity contribution is 5.37. The van der Waals surface area contributed by atoms with Crippen LogP contribution in [-0.2, 0) is 13.0 Å². The first-order valence-corrected chi connectivity index (χ1v) is 6.67. The van der Waals surface area contributed by atoms with Gasteiger partial charge in [-0.2, -0.15) is 0 Å². The van der Waals surface area contributed by atoms with Crippen LogP contribution in [-0.4, -0.2) is 16.1 Å². The van der Waals surface area contributed by atoms with Crippen LogP contribution in [0.4, 0.5) is 0 Å². The highest BCUT2D eigenvalue weighted by Gasteiger charge is 2.03. The van der Waals surface area contributed by atoms with E-state index in [2.05, 4.69) is 53.0 Å². The van der Waals surface area contributed by atoms with Crippen LogP contribution < -0.4 is 5.32 Å². The molecule has 1 heterocycles. The third kappa shape index (κ3) is 2.99. The van der Waals surface area contributed by atoms with Gasteiger partial charge in [0.1, 0.15) is 5.82 Å². The summed E-state index contributed by atoms with van der Waals surface area (Å²) in [5.41, 5.74) is 2.51. The maximum absolute atomic E-state index is 4.36. The second-order valence-corrected chi connectivity index (χ2v) is 4.41. The van der Waals surface area contributed by atoms with Gasteiger partial charge in [0.05, 0.1) is 0 Å². The summed E-state index contributed by atoms with van der Waals surface area (Å²) in [7, 11) is 0. The minimum atomic E-state index is 0.928. The summed E-state index contributed by atoms with van der Waals surface area (Å²) < 4.78 is 2.16. The van der Waals surface area contributed by atoms with E-state index in [1.54, 1.807) is 0 Å². The van der Waals surface area contributed by atoms with Crippen LogP contribution in [0.2, 0.25) is 0 Å². The van der Waals surface area contributed by atoms with Gasteiger partial charge in [-0.05, 0) is 30.7 Å². The van der Waals surface area contributed by atoms with Crippen molar-refractivity contribution in [2.24, 2.45) is 0 Å². The SMILES string of the molecule is CCCNCc1cccc(-n2ccnc2CC)c1. The Bertz CT molecular complexity index is 488. The normalized spacial score (nSPS) is 10.8. The molecule has 0 bridgehead atoms. The number of aryl methyl sites for hydroxylation is 1. The van der Waals surface area contributed by atoms with Gasteiger partial charge in [-0.25, -0.2) is 4.98 Å². The number of hydrogen-bond donors (Lipinski definition) is 1. The van der Waals surface area contributed by atoms with Gasteiger partial charge in [0.15, 0.2) is 0 Å². The van der Waals surface area contributed by atoms with Crippen LogP contribution >= 0.6 is 0 Å². The number of nitrogens with one attached hydrogen (secondary N) is 1. The fourth-order valence-corrected chi connectivity index (χ4v) is 2.06. The first-order valence-electron chi connectivity index (χ1n) is 6.67. The Kier molecular flexibility index (Phi) is 4.53. The molecule has 1 N–H and O–H groups in total. The molecule has 2 rings (SSSR count). The van der Waals surface area contributed by atoms with E-state index in [4.69, 9.17) is 0 Å². The Balaban J connectivity index is 2.16. The monoisotopic (exact) mass is 243 g/mol. The number of hydrogen-bond acceptors (Lipinski definition) is 2. The molecule has 2 aromatic rings. The summed E-state index contributed by atoms with van der Waals surface area (Å²) >= 11 is 0. The van der Waals surface area contributed by atoms with Crippen molar-refractivity contribution in [2.45, 2.75) is 33.2 Å². The van der Waals surface area contributed by atoms with E-state index in [1.807, 2.05) is 12.4 Å². The van der Waals surface area contributed by atoms with Crippen molar-refractivity contribution in [2.75, 3.05) is 6.54 Å². The van der Waals surface area contributed by atoms with Gasteiger partial charge in [0.25, 0.3) is 0 Å². The third-order valence-electron chi connectivity index (χ3n) is 2.98. The molecule has 0 amide bonds. The van der Waals surface area contributed by atoms with Crippen LogP contribution in [0.3, 0.4) is 0 Å². The molecule has 1 aromatic heterocycles. The molecule has 0 atom stereocenters. The predicted molar refractivity (Wildman–Crippen MR) is 74.9 cm³/mol. The molecule has 3 nitrogen and oxygen atoms in total. The van der Waals surface area contributed by atoms with E-state index < -0.39 is 0 Å². The van der Waals surface area contributed by atoms with E-state index in [1.165, 1.54) is 17.7 Å². The van der Waals surface area contributed by atoms with Crippen molar-refractivity contribution in [3.63, 3.8) is 0 Å². The first kappa shape index (κ1) is 12.8. The second-order valence-electron chi connectivity index (χ2n) is 4.41. The number of imidazole rings is 1. The fourth-order valence-electron chi connectivity index (χ4n) is 2.06. The van der Waals surface area contributed by atoms with Crippen molar-refractivity contribution in [1.29, 1.82) is 0 Å². The molecule has 0 saturated carbocycles. The molecule has 0 aliphatic heterocycles. The fraction of sp³-hybridized carbons (Fsp3) is 0.400. The van der Waals surface area contributed by atoms with E-state index in [-0.39, 0.29) is 0 Å². The maximum atomic E-state index is 4.36. The summed E-state index contributed by atoms with van der Waals surface area (Å²) in [6.45, 7) is 6.31. The summed E-state index contributed by atoms with van der Waals surface area (Å²) in [6, 6.07) is 8.63. The van der Waals surface area contributed by atoms with Gasteiger partial charge >= 0.3 is 0 Å². The van der Waals surface area contributed by atoms with Crippen molar-refractivity contribution < 1.29 is 0 Å². The minimum Gasteiger partial charge on any atom is -0.313 e. The standard InChI is InChI=1S/C15H21N3/c1-3-8-16-12-13-6-5-7-14(11-13)18-10-9-17-15(18)4-2/h5-7,9-11,16H,3-4,8,12H2,1-2H3. The maximum Gasteiger partial charge on any atom is 0.112 e. The quantitative estimate of drug-likeness (QED) is 0.791. The van der Waals surface area contributed by atoms with Crippen molar-refractivity contribution in [1.82, 2.24) is 14.9 Å². The Morgan fingerprint density at radius 1 is 1.28 bits per heavy atom. The van der Waals surface area contributed by atoms with E-state index in [0.717, 1.165) is 25.3 Å². The third-order valence-corrected chi connectivity index (χ3v) is 2.98. The smallest absolute Gasteiger partial charge is 0.112 e. The lowest BCUT2D eigenvalue weighted by atomic mass is 10.2. The minimum absolute atomic E-state index is 0.928. The van der Waals surface area contributed by atoms with E-state index >= 15 is 0 Å². The lowest BCUT2D eigenvalue weighted by Crippen LogP contribution is -2.14. The largest absolute Gasteiger partial charge is 0.313 e. The average Bonchev–Trinajstić information content (AvgIpc) is 2.88. The second kappa shape index (κ2) is 6.36. The molecule has 0 spiro atoms. The van der Waals surface area contributed by atoms with Crippen LogP contribution in [0.25, 0.3) is 5.69 Å². The number of rotatable bonds is 6. The average molecular weight is 243 g/mol. The molecule has 18 heavy (non-hydrogen) atoms. The highest BCUT2D eigenvalue weighted by atomic mass is 15.1. The lowest BCUT2D eigenvalue weighted by Gasteiger charge is -2.09. The molecule has 0 fully saturated rings. The zero-order valence-corrected chi connectivity index (χ0v) is 11.2. The van der Waals surface area contributed by atoms with Crippen LogP contribution in [0.1, 0.15) is 31.7 Å². The Morgan fingerprint density at radius 2 is 2.17 bits per heavy atom. The molecule has 0 radical (unpaired) electrons. The van der Waals surface area contributed by atoms with Crippen molar-refractivity contribution in [3.8, 4) is 5.69 Å². The molecule has 0 aliphatic carbocycles. The molecule has 0 saturated heterocycles. The van der Waals surface area contributed by atoms with Gasteiger partial charge in [-0.1, -0.05) is 26.0 Å². The molecular weight excluding hydrogens is 222 g/mol. The van der Waals surface area contributed by atoms with Gasteiger partial charge in [0.2, 0.25) is 0 Å². The van der Waals surface area contributed by atoms with Gasteiger partial charge < -0.3 is 9.88 Å². The molecular formula is C15H21N3. The summed E-state index contributed by atoms with van der Waals surface area (Å²) in [5.74, 6) is 1.11. The van der Waals surface area contributed by atoms with Crippen LogP contribution in [0, 0.1) is 0 Å². The molecule has 96 valence electrons. The number of aromatic nitrogens is 2. The summed E-state index contributed by atoms with van der Waals surface area (Å²) in [6.07, 6.45) is 6.00. The molecule has 0 aliphatic rings. The lowest BCUT2D eigenvalue weighted by molar-refractivity contribution is 0.675. The van der Waals surface area contributed by atoms with Crippen molar-refractivity contribution in [3.05, 3.63) is 48.0 Å². The first-order chi connectivity index (χ1) is 8.85. The molecule has 3 heteroatoms. The highest BCUT2D eigenvalue weighted by Crippen LogP contribution is 2.13. The van der Waals surface area contributed by atoms with Crippen molar-refractivity contribution >= 4 is 0 Å². The Labute approximate surface area is 109 Å². The molecule has 1 aromatic carbocycles. The zero-order chi connectivity index (χ0) is 12.8. The predicted octanol–water partition coefficient (Wildman–Crippen LogP) is 2.93. The summed E-state index contributed by atoms with van der Waals surface area (Å²) in [5, 5.41) is 3.43. The van der Waals surface area contributed by atoms with Gasteiger partial charge in [0, 0.05) is 31.0 Å². The van der Waals surface area contributed by atoms with E-state index in [9.17, 15) is 0 Å². The Morgan fingerprint density at radius 3 is 2.94 bits per heavy atom.